The molecule has 1 amide bonds. The van der Waals surface area contributed by atoms with Crippen molar-refractivity contribution in [2.75, 3.05) is 6.54 Å². The summed E-state index contributed by atoms with van der Waals surface area (Å²) in [5.41, 5.74) is 0.515. The molecule has 0 bridgehead atoms. The number of halogens is 3. The minimum Gasteiger partial charge on any atom is -0.334 e. The van der Waals surface area contributed by atoms with E-state index in [0.29, 0.717) is 6.54 Å². The first-order chi connectivity index (χ1) is 13.7. The third-order valence-electron chi connectivity index (χ3n) is 5.03. The maximum absolute atomic E-state index is 13.0. The van der Waals surface area contributed by atoms with Gasteiger partial charge in [-0.1, -0.05) is 47.8 Å². The highest BCUT2D eigenvalue weighted by Gasteiger charge is 2.28. The van der Waals surface area contributed by atoms with Crippen LogP contribution in [-0.2, 0) is 15.6 Å². The Morgan fingerprint density at radius 3 is 2.59 bits per heavy atom. The van der Waals surface area contributed by atoms with Crippen molar-refractivity contribution in [3.8, 4) is 0 Å². The van der Waals surface area contributed by atoms with Gasteiger partial charge in [0.25, 0.3) is 5.91 Å². The normalized spacial score (nSPS) is 17.4. The summed E-state index contributed by atoms with van der Waals surface area (Å²) in [6.07, 6.45) is 3.94. The summed E-state index contributed by atoms with van der Waals surface area (Å²) >= 11 is 17.9. The number of rotatable bonds is 5. The van der Waals surface area contributed by atoms with E-state index >= 15 is 0 Å². The molecule has 0 radical (unpaired) electrons. The van der Waals surface area contributed by atoms with Gasteiger partial charge in [0, 0.05) is 12.6 Å². The van der Waals surface area contributed by atoms with Gasteiger partial charge in [0.2, 0.25) is 0 Å². The van der Waals surface area contributed by atoms with E-state index in [1.807, 2.05) is 4.90 Å². The Balaban J connectivity index is 1.86. The van der Waals surface area contributed by atoms with Gasteiger partial charge in [-0.2, -0.15) is 0 Å². The summed E-state index contributed by atoms with van der Waals surface area (Å²) in [6, 6.07) is 7.56. The number of benzene rings is 1. The fraction of sp³-hybridized carbons (Fsp3) is 0.400. The molecule has 1 saturated heterocycles. The van der Waals surface area contributed by atoms with Crippen molar-refractivity contribution in [3.05, 3.63) is 56.8 Å². The average Bonchev–Trinajstić information content (AvgIpc) is 2.69. The molecular formula is C20H21Cl3N2O3S. The van der Waals surface area contributed by atoms with Crippen LogP contribution in [0.5, 0.6) is 0 Å². The zero-order valence-electron chi connectivity index (χ0n) is 15.9. The highest BCUT2D eigenvalue weighted by Crippen LogP contribution is 2.33. The van der Waals surface area contributed by atoms with Gasteiger partial charge >= 0.3 is 0 Å². The van der Waals surface area contributed by atoms with Crippen LogP contribution in [-0.4, -0.2) is 36.8 Å². The molecule has 156 valence electrons. The van der Waals surface area contributed by atoms with Gasteiger partial charge in [-0.05, 0) is 49.9 Å². The van der Waals surface area contributed by atoms with Crippen LogP contribution in [0.4, 0.5) is 0 Å². The SMILES string of the molecule is CCC1CCCCN1C(=O)c1cccc(CS(=O)(=O)c2cc(Cl)c(Cl)cc2Cl)n1. The molecule has 2 aromatic rings. The predicted octanol–water partition coefficient (Wildman–Crippen LogP) is 5.42. The molecule has 0 saturated carbocycles. The maximum atomic E-state index is 13.0. The Kier molecular flexibility index (Phi) is 7.10. The highest BCUT2D eigenvalue weighted by atomic mass is 35.5. The standard InChI is InChI=1S/C20H21Cl3N2O3S/c1-2-14-7-3-4-9-25(14)20(26)18-8-5-6-13(24-18)12-29(27,28)19-11-16(22)15(21)10-17(19)23/h5-6,8,10-11,14H,2-4,7,9,12H2,1H3. The topological polar surface area (TPSA) is 67.3 Å². The number of hydrogen-bond donors (Lipinski definition) is 0. The summed E-state index contributed by atoms with van der Waals surface area (Å²) in [5.74, 6) is -0.563. The molecule has 1 unspecified atom stereocenters. The summed E-state index contributed by atoms with van der Waals surface area (Å²) in [5, 5.41) is 0.265. The van der Waals surface area contributed by atoms with Gasteiger partial charge in [-0.25, -0.2) is 13.4 Å². The molecule has 1 atom stereocenters. The second-order valence-corrected chi connectivity index (χ2v) is 10.2. The average molecular weight is 476 g/mol. The Bertz CT molecular complexity index is 1030. The third kappa shape index (κ3) is 5.05. The van der Waals surface area contributed by atoms with Crippen molar-refractivity contribution in [3.63, 3.8) is 0 Å². The number of aromatic nitrogens is 1. The first kappa shape index (κ1) is 22.3. The maximum Gasteiger partial charge on any atom is 0.272 e. The molecule has 1 aromatic heterocycles. The number of pyridine rings is 1. The van der Waals surface area contributed by atoms with Gasteiger partial charge in [0.15, 0.2) is 9.84 Å². The lowest BCUT2D eigenvalue weighted by Crippen LogP contribution is -2.43. The largest absolute Gasteiger partial charge is 0.334 e. The summed E-state index contributed by atoms with van der Waals surface area (Å²) < 4.78 is 25.7. The number of carbonyl (C=O) groups excluding carboxylic acids is 1. The zero-order valence-corrected chi connectivity index (χ0v) is 19.0. The number of hydrogen-bond acceptors (Lipinski definition) is 4. The second-order valence-electron chi connectivity index (χ2n) is 7.03. The minimum atomic E-state index is -3.83. The van der Waals surface area contributed by atoms with Crippen molar-refractivity contribution in [2.24, 2.45) is 0 Å². The Labute approximate surface area is 185 Å². The number of likely N-dealkylation sites (tertiary alicyclic amines) is 1. The summed E-state index contributed by atoms with van der Waals surface area (Å²) in [6.45, 7) is 2.76. The molecule has 9 heteroatoms. The fourth-order valence-electron chi connectivity index (χ4n) is 3.53. The molecule has 1 aliphatic rings. The first-order valence-electron chi connectivity index (χ1n) is 9.37. The second kappa shape index (κ2) is 9.21. The van der Waals surface area contributed by atoms with Gasteiger partial charge in [-0.3, -0.25) is 4.79 Å². The van der Waals surface area contributed by atoms with Crippen molar-refractivity contribution in [1.82, 2.24) is 9.88 Å². The van der Waals surface area contributed by atoms with Crippen molar-refractivity contribution >= 4 is 50.5 Å². The number of amides is 1. The lowest BCUT2D eigenvalue weighted by atomic mass is 9.99. The van der Waals surface area contributed by atoms with Crippen LogP contribution in [0, 0.1) is 0 Å². The van der Waals surface area contributed by atoms with E-state index in [1.165, 1.54) is 12.1 Å². The molecular weight excluding hydrogens is 455 g/mol. The van der Waals surface area contributed by atoms with Crippen molar-refractivity contribution < 1.29 is 13.2 Å². The van der Waals surface area contributed by atoms with E-state index in [1.54, 1.807) is 18.2 Å². The van der Waals surface area contributed by atoms with Crippen LogP contribution in [0.25, 0.3) is 0 Å². The van der Waals surface area contributed by atoms with Crippen LogP contribution in [0.1, 0.15) is 48.8 Å². The van der Waals surface area contributed by atoms with E-state index in [-0.39, 0.29) is 43.3 Å². The van der Waals surface area contributed by atoms with E-state index in [9.17, 15) is 13.2 Å². The van der Waals surface area contributed by atoms with Crippen molar-refractivity contribution in [1.29, 1.82) is 0 Å². The molecule has 1 aliphatic heterocycles. The van der Waals surface area contributed by atoms with Crippen LogP contribution >= 0.6 is 34.8 Å². The smallest absolute Gasteiger partial charge is 0.272 e. The van der Waals surface area contributed by atoms with E-state index < -0.39 is 15.6 Å². The van der Waals surface area contributed by atoms with Crippen LogP contribution in [0.2, 0.25) is 15.1 Å². The Morgan fingerprint density at radius 1 is 1.14 bits per heavy atom. The molecule has 29 heavy (non-hydrogen) atoms. The lowest BCUT2D eigenvalue weighted by Gasteiger charge is -2.35. The minimum absolute atomic E-state index is 0.00858. The fourth-order valence-corrected chi connectivity index (χ4v) is 5.86. The molecule has 3 rings (SSSR count). The predicted molar refractivity (Wildman–Crippen MR) is 116 cm³/mol. The number of sulfone groups is 1. The van der Waals surface area contributed by atoms with Gasteiger partial charge in [0.05, 0.1) is 31.4 Å². The quantitative estimate of drug-likeness (QED) is 0.541. The number of carbonyl (C=O) groups is 1. The molecule has 5 nitrogen and oxygen atoms in total. The molecule has 1 aromatic carbocycles. The molecule has 0 N–H and O–H groups in total. The molecule has 0 spiro atoms. The van der Waals surface area contributed by atoms with Gasteiger partial charge < -0.3 is 4.90 Å². The summed E-state index contributed by atoms with van der Waals surface area (Å²) in [7, 11) is -3.83. The molecule has 2 heterocycles. The monoisotopic (exact) mass is 474 g/mol. The van der Waals surface area contributed by atoms with Gasteiger partial charge in [-0.15, -0.1) is 0 Å². The molecule has 0 aliphatic carbocycles. The van der Waals surface area contributed by atoms with Crippen LogP contribution < -0.4 is 0 Å². The molecule has 1 fully saturated rings. The van der Waals surface area contributed by atoms with Gasteiger partial charge in [0.1, 0.15) is 5.69 Å². The van der Waals surface area contributed by atoms with E-state index in [2.05, 4.69) is 11.9 Å². The Morgan fingerprint density at radius 2 is 1.86 bits per heavy atom. The summed E-state index contributed by atoms with van der Waals surface area (Å²) in [4.78, 5) is 19.0. The lowest BCUT2D eigenvalue weighted by molar-refractivity contribution is 0.0601. The van der Waals surface area contributed by atoms with Crippen LogP contribution in [0.3, 0.4) is 0 Å². The number of nitrogens with zero attached hydrogens (tertiary/aromatic N) is 2. The third-order valence-corrected chi connectivity index (χ3v) is 7.86. The first-order valence-corrected chi connectivity index (χ1v) is 12.2. The Hall–Kier alpha value is -1.34. The zero-order chi connectivity index (χ0) is 21.2. The van der Waals surface area contributed by atoms with Crippen molar-refractivity contribution in [2.45, 2.75) is 49.3 Å². The van der Waals surface area contributed by atoms with E-state index in [4.69, 9.17) is 34.8 Å². The van der Waals surface area contributed by atoms with E-state index in [0.717, 1.165) is 25.7 Å². The highest BCUT2D eigenvalue weighted by molar-refractivity contribution is 7.90. The number of piperidine rings is 1. The van der Waals surface area contributed by atoms with Crippen LogP contribution in [0.15, 0.2) is 35.2 Å².